The Balaban J connectivity index is 2.05. The number of anilines is 1. The van der Waals surface area contributed by atoms with E-state index in [0.29, 0.717) is 15.9 Å². The molecule has 1 aromatic heterocycles. The molecule has 108 valence electrons. The lowest BCUT2D eigenvalue weighted by Gasteiger charge is -2.09. The number of nitrogens with one attached hydrogen (secondary N) is 1. The van der Waals surface area contributed by atoms with Crippen LogP contribution in [-0.2, 0) is 6.61 Å². The number of nitrogens with zero attached hydrogens (tertiary/aromatic N) is 2. The highest BCUT2D eigenvalue weighted by Gasteiger charge is 2.11. The van der Waals surface area contributed by atoms with Gasteiger partial charge >= 0.3 is 0 Å². The van der Waals surface area contributed by atoms with Crippen molar-refractivity contribution in [1.29, 1.82) is 0 Å². The van der Waals surface area contributed by atoms with Gasteiger partial charge in [0.25, 0.3) is 0 Å². The third kappa shape index (κ3) is 3.80. The van der Waals surface area contributed by atoms with Crippen molar-refractivity contribution in [3.05, 3.63) is 33.1 Å². The van der Waals surface area contributed by atoms with Crippen molar-refractivity contribution in [3.8, 4) is 5.75 Å². The summed E-state index contributed by atoms with van der Waals surface area (Å²) < 4.78 is 23.4. The first-order valence-electron chi connectivity index (χ1n) is 5.94. The van der Waals surface area contributed by atoms with E-state index in [4.69, 9.17) is 16.3 Å². The monoisotopic (exact) mass is 379 g/mol. The summed E-state index contributed by atoms with van der Waals surface area (Å²) in [6.07, 6.45) is 1.01. The van der Waals surface area contributed by atoms with E-state index in [0.717, 1.165) is 18.0 Å². The fraction of sp³-hybridized carbons (Fsp3) is 0.333. The molecule has 0 aliphatic rings. The molecule has 0 atom stereocenters. The summed E-state index contributed by atoms with van der Waals surface area (Å²) in [6.45, 7) is 3.13. The minimum atomic E-state index is -0.523. The van der Waals surface area contributed by atoms with E-state index in [-0.39, 0.29) is 11.6 Å². The Kier molecular flexibility index (Phi) is 5.56. The van der Waals surface area contributed by atoms with Crippen molar-refractivity contribution in [1.82, 2.24) is 9.59 Å². The third-order valence-corrected chi connectivity index (χ3v) is 4.07. The SMILES string of the molecule is CCCNc1snnc1COc1cc(F)c(Cl)cc1Br. The molecular weight excluding hydrogens is 369 g/mol. The summed E-state index contributed by atoms with van der Waals surface area (Å²) in [5, 5.41) is 8.14. The largest absolute Gasteiger partial charge is 0.486 e. The fourth-order valence-electron chi connectivity index (χ4n) is 1.44. The lowest BCUT2D eigenvalue weighted by Crippen LogP contribution is -2.04. The smallest absolute Gasteiger partial charge is 0.145 e. The normalized spacial score (nSPS) is 10.6. The van der Waals surface area contributed by atoms with Gasteiger partial charge in [-0.15, -0.1) is 5.10 Å². The maximum absolute atomic E-state index is 13.4. The molecule has 0 amide bonds. The van der Waals surface area contributed by atoms with E-state index >= 15 is 0 Å². The Labute approximate surface area is 133 Å². The van der Waals surface area contributed by atoms with Crippen molar-refractivity contribution in [2.45, 2.75) is 20.0 Å². The zero-order valence-corrected chi connectivity index (χ0v) is 13.8. The summed E-state index contributed by atoms with van der Waals surface area (Å²) in [5.41, 5.74) is 0.700. The molecule has 8 heteroatoms. The number of hydrogen-bond acceptors (Lipinski definition) is 5. The summed E-state index contributed by atoms with van der Waals surface area (Å²) in [6, 6.07) is 2.70. The second-order valence-corrected chi connectivity index (χ2v) is 5.98. The van der Waals surface area contributed by atoms with Crippen molar-refractivity contribution >= 4 is 44.1 Å². The summed E-state index contributed by atoms with van der Waals surface area (Å²) >= 11 is 10.2. The molecule has 20 heavy (non-hydrogen) atoms. The molecule has 0 saturated carbocycles. The quantitative estimate of drug-likeness (QED) is 0.750. The van der Waals surface area contributed by atoms with Crippen LogP contribution in [0, 0.1) is 5.82 Å². The topological polar surface area (TPSA) is 47.0 Å². The van der Waals surface area contributed by atoms with Crippen LogP contribution in [0.5, 0.6) is 5.75 Å². The predicted molar refractivity (Wildman–Crippen MR) is 82.1 cm³/mol. The van der Waals surface area contributed by atoms with Crippen LogP contribution in [0.3, 0.4) is 0 Å². The molecule has 0 aliphatic heterocycles. The van der Waals surface area contributed by atoms with Crippen LogP contribution < -0.4 is 10.1 Å². The number of hydrogen-bond donors (Lipinski definition) is 1. The number of aromatic nitrogens is 2. The third-order valence-electron chi connectivity index (χ3n) is 2.43. The fourth-order valence-corrected chi connectivity index (χ4v) is 2.78. The Bertz CT molecular complexity index is 596. The van der Waals surface area contributed by atoms with Crippen molar-refractivity contribution in [2.75, 3.05) is 11.9 Å². The van der Waals surface area contributed by atoms with Gasteiger partial charge in [-0.25, -0.2) is 4.39 Å². The van der Waals surface area contributed by atoms with Crippen LogP contribution in [0.25, 0.3) is 0 Å². The van der Waals surface area contributed by atoms with Gasteiger partial charge in [-0.2, -0.15) is 0 Å². The van der Waals surface area contributed by atoms with E-state index in [1.807, 2.05) is 0 Å². The molecule has 0 bridgehead atoms. The standard InChI is InChI=1S/C12H12BrClFN3OS/c1-2-3-16-12-10(17-18-20-12)6-19-11-5-9(15)8(14)4-7(11)13/h4-5,16H,2-3,6H2,1H3. The molecule has 2 rings (SSSR count). The minimum absolute atomic E-state index is 0.0462. The van der Waals surface area contributed by atoms with E-state index in [1.165, 1.54) is 23.7 Å². The molecule has 0 aliphatic carbocycles. The summed E-state index contributed by atoms with van der Waals surface area (Å²) in [7, 11) is 0. The summed E-state index contributed by atoms with van der Waals surface area (Å²) in [5.74, 6) is -0.146. The van der Waals surface area contributed by atoms with Crippen molar-refractivity contribution < 1.29 is 9.13 Å². The molecule has 0 fully saturated rings. The molecule has 0 radical (unpaired) electrons. The van der Waals surface area contributed by atoms with Crippen molar-refractivity contribution in [2.24, 2.45) is 0 Å². The van der Waals surface area contributed by atoms with E-state index < -0.39 is 5.82 Å². The van der Waals surface area contributed by atoms with Gasteiger partial charge in [0, 0.05) is 24.1 Å². The number of rotatable bonds is 6. The van der Waals surface area contributed by atoms with E-state index in [1.54, 1.807) is 0 Å². The molecule has 1 aromatic carbocycles. The number of ether oxygens (including phenoxy) is 1. The highest BCUT2D eigenvalue weighted by molar-refractivity contribution is 9.10. The first-order chi connectivity index (χ1) is 9.61. The predicted octanol–water partition coefficient (Wildman–Crippen LogP) is 4.49. The van der Waals surface area contributed by atoms with Gasteiger partial charge in [0.2, 0.25) is 0 Å². The first-order valence-corrected chi connectivity index (χ1v) is 7.88. The zero-order chi connectivity index (χ0) is 14.5. The first kappa shape index (κ1) is 15.5. The van der Waals surface area contributed by atoms with Crippen LogP contribution in [0.4, 0.5) is 9.39 Å². The molecule has 4 nitrogen and oxygen atoms in total. The molecule has 1 N–H and O–H groups in total. The van der Waals surface area contributed by atoms with Gasteiger partial charge in [-0.1, -0.05) is 23.0 Å². The van der Waals surface area contributed by atoms with Gasteiger partial charge in [-0.05, 0) is 28.4 Å². The highest BCUT2D eigenvalue weighted by Crippen LogP contribution is 2.31. The van der Waals surface area contributed by atoms with Gasteiger partial charge in [0.15, 0.2) is 0 Å². The molecular formula is C12H12BrClFN3OS. The Hall–Kier alpha value is -0.920. The average molecular weight is 381 g/mol. The maximum atomic E-state index is 13.4. The lowest BCUT2D eigenvalue weighted by molar-refractivity contribution is 0.298. The van der Waals surface area contributed by atoms with Crippen LogP contribution in [0.2, 0.25) is 5.02 Å². The molecule has 1 heterocycles. The zero-order valence-electron chi connectivity index (χ0n) is 10.6. The van der Waals surface area contributed by atoms with E-state index in [2.05, 4.69) is 37.8 Å². The summed E-state index contributed by atoms with van der Waals surface area (Å²) in [4.78, 5) is 0. The Morgan fingerprint density at radius 3 is 3.05 bits per heavy atom. The molecule has 0 unspecified atom stereocenters. The lowest BCUT2D eigenvalue weighted by atomic mass is 10.3. The second kappa shape index (κ2) is 7.19. The van der Waals surface area contributed by atoms with Gasteiger partial charge in [-0.3, -0.25) is 0 Å². The van der Waals surface area contributed by atoms with Crippen LogP contribution in [0.1, 0.15) is 19.0 Å². The van der Waals surface area contributed by atoms with Crippen molar-refractivity contribution in [3.63, 3.8) is 0 Å². The minimum Gasteiger partial charge on any atom is -0.486 e. The molecule has 0 saturated heterocycles. The average Bonchev–Trinajstić information content (AvgIpc) is 2.86. The van der Waals surface area contributed by atoms with Gasteiger partial charge in [0.05, 0.1) is 9.50 Å². The van der Waals surface area contributed by atoms with Gasteiger partial charge in [0.1, 0.15) is 28.9 Å². The van der Waals surface area contributed by atoms with Gasteiger partial charge < -0.3 is 10.1 Å². The number of halogens is 3. The Morgan fingerprint density at radius 1 is 1.50 bits per heavy atom. The van der Waals surface area contributed by atoms with Crippen LogP contribution >= 0.6 is 39.1 Å². The van der Waals surface area contributed by atoms with E-state index in [9.17, 15) is 4.39 Å². The Morgan fingerprint density at radius 2 is 2.30 bits per heavy atom. The van der Waals surface area contributed by atoms with Crippen LogP contribution in [-0.4, -0.2) is 16.1 Å². The molecule has 2 aromatic rings. The number of benzene rings is 1. The molecule has 0 spiro atoms. The van der Waals surface area contributed by atoms with Crippen LogP contribution in [0.15, 0.2) is 16.6 Å². The maximum Gasteiger partial charge on any atom is 0.145 e. The highest BCUT2D eigenvalue weighted by atomic mass is 79.9. The second-order valence-electron chi connectivity index (χ2n) is 3.96.